The Balaban J connectivity index is 1.95. The van der Waals surface area contributed by atoms with Gasteiger partial charge in [0.25, 0.3) is 0 Å². The summed E-state index contributed by atoms with van der Waals surface area (Å²) in [7, 11) is 0. The molecule has 2 aromatic rings. The third-order valence-electron chi connectivity index (χ3n) is 5.26. The van der Waals surface area contributed by atoms with E-state index in [0.717, 1.165) is 16.9 Å². The van der Waals surface area contributed by atoms with E-state index in [-0.39, 0.29) is 6.10 Å². The van der Waals surface area contributed by atoms with Crippen LogP contribution in [0.1, 0.15) is 31.1 Å². The number of alkyl halides is 2. The van der Waals surface area contributed by atoms with Gasteiger partial charge in [-0.3, -0.25) is 0 Å². The first-order valence-electron chi connectivity index (χ1n) is 7.83. The van der Waals surface area contributed by atoms with E-state index >= 15 is 0 Å². The van der Waals surface area contributed by atoms with Crippen LogP contribution < -0.4 is 4.74 Å². The Morgan fingerprint density at radius 2 is 1.70 bits per heavy atom. The maximum atomic E-state index is 6.82. The molecule has 0 radical (unpaired) electrons. The number of fused-ring (bicyclic) bond motifs is 3. The van der Waals surface area contributed by atoms with Crippen LogP contribution >= 0.6 is 23.2 Å². The number of halogens is 2. The van der Waals surface area contributed by atoms with Crippen molar-refractivity contribution < 1.29 is 9.47 Å². The van der Waals surface area contributed by atoms with Crippen LogP contribution in [0, 0.1) is 5.41 Å². The average Bonchev–Trinajstić information content (AvgIpc) is 2.97. The SMILES string of the molecule is CCOC12c3ccccc3OC(c3ccccc3)C1(C)C2(Cl)Cl. The van der Waals surface area contributed by atoms with Gasteiger partial charge in [0.15, 0.2) is 4.33 Å². The smallest absolute Gasteiger partial charge is 0.164 e. The van der Waals surface area contributed by atoms with Crippen molar-refractivity contribution in [2.45, 2.75) is 29.9 Å². The zero-order valence-electron chi connectivity index (χ0n) is 13.1. The lowest BCUT2D eigenvalue weighted by molar-refractivity contribution is -0.0438. The maximum absolute atomic E-state index is 6.82. The fourth-order valence-corrected chi connectivity index (χ4v) is 5.16. The quantitative estimate of drug-likeness (QED) is 0.705. The fraction of sp³-hybridized carbons (Fsp3) is 0.368. The highest BCUT2D eigenvalue weighted by Crippen LogP contribution is 2.85. The molecule has 120 valence electrons. The highest BCUT2D eigenvalue weighted by atomic mass is 35.5. The summed E-state index contributed by atoms with van der Waals surface area (Å²) in [6.45, 7) is 4.55. The summed E-state index contributed by atoms with van der Waals surface area (Å²) in [6, 6.07) is 17.9. The Morgan fingerprint density at radius 3 is 2.39 bits per heavy atom. The first-order chi connectivity index (χ1) is 11.0. The summed E-state index contributed by atoms with van der Waals surface area (Å²) < 4.78 is 11.5. The lowest BCUT2D eigenvalue weighted by Gasteiger charge is -2.36. The second-order valence-electron chi connectivity index (χ2n) is 6.30. The highest BCUT2D eigenvalue weighted by Gasteiger charge is 2.91. The van der Waals surface area contributed by atoms with Gasteiger partial charge in [-0.1, -0.05) is 71.7 Å². The molecule has 0 bridgehead atoms. The second-order valence-corrected chi connectivity index (χ2v) is 7.62. The van der Waals surface area contributed by atoms with Crippen molar-refractivity contribution in [3.8, 4) is 5.75 Å². The number of benzene rings is 2. The Labute approximate surface area is 146 Å². The number of ether oxygens (including phenoxy) is 2. The van der Waals surface area contributed by atoms with Crippen LogP contribution in [0.5, 0.6) is 5.75 Å². The third-order valence-corrected chi connectivity index (χ3v) is 6.58. The van der Waals surface area contributed by atoms with Gasteiger partial charge in [0.1, 0.15) is 17.5 Å². The van der Waals surface area contributed by atoms with Crippen molar-refractivity contribution in [1.82, 2.24) is 0 Å². The molecule has 4 rings (SSSR count). The second kappa shape index (κ2) is 4.89. The Morgan fingerprint density at radius 1 is 1.04 bits per heavy atom. The molecule has 0 spiro atoms. The zero-order chi connectivity index (χ0) is 16.3. The van der Waals surface area contributed by atoms with Crippen LogP contribution in [0.4, 0.5) is 0 Å². The van der Waals surface area contributed by atoms with Gasteiger partial charge in [-0.25, -0.2) is 0 Å². The van der Waals surface area contributed by atoms with Crippen LogP contribution in [-0.2, 0) is 10.3 Å². The molecule has 0 amide bonds. The molecule has 2 aromatic carbocycles. The zero-order valence-corrected chi connectivity index (χ0v) is 14.6. The molecule has 23 heavy (non-hydrogen) atoms. The van der Waals surface area contributed by atoms with Gasteiger partial charge in [0.05, 0.1) is 5.41 Å². The van der Waals surface area contributed by atoms with Crippen LogP contribution in [0.25, 0.3) is 0 Å². The molecule has 1 aliphatic heterocycles. The normalized spacial score (nSPS) is 33.3. The molecule has 3 atom stereocenters. The van der Waals surface area contributed by atoms with Crippen molar-refractivity contribution in [3.63, 3.8) is 0 Å². The summed E-state index contributed by atoms with van der Waals surface area (Å²) in [5.74, 6) is 0.787. The third kappa shape index (κ3) is 1.64. The molecule has 1 fully saturated rings. The van der Waals surface area contributed by atoms with Crippen LogP contribution in [-0.4, -0.2) is 10.9 Å². The van der Waals surface area contributed by atoms with Gasteiger partial charge < -0.3 is 9.47 Å². The highest BCUT2D eigenvalue weighted by molar-refractivity contribution is 6.53. The van der Waals surface area contributed by atoms with E-state index in [1.54, 1.807) is 0 Å². The van der Waals surface area contributed by atoms with E-state index in [1.165, 1.54) is 0 Å². The Hall–Kier alpha value is -1.22. The molecule has 0 N–H and O–H groups in total. The minimum atomic E-state index is -1.05. The van der Waals surface area contributed by atoms with E-state index in [9.17, 15) is 0 Å². The molecule has 0 aromatic heterocycles. The van der Waals surface area contributed by atoms with Crippen LogP contribution in [0.15, 0.2) is 54.6 Å². The predicted molar refractivity (Wildman–Crippen MR) is 92.1 cm³/mol. The molecule has 4 heteroatoms. The monoisotopic (exact) mass is 348 g/mol. The van der Waals surface area contributed by atoms with E-state index in [0.29, 0.717) is 6.61 Å². The fourth-order valence-electron chi connectivity index (χ4n) is 4.08. The minimum absolute atomic E-state index is 0.264. The van der Waals surface area contributed by atoms with Crippen molar-refractivity contribution in [1.29, 1.82) is 0 Å². The number of para-hydroxylation sites is 1. The van der Waals surface area contributed by atoms with Crippen molar-refractivity contribution in [3.05, 3.63) is 65.7 Å². The summed E-state index contributed by atoms with van der Waals surface area (Å²) in [5.41, 5.74) is 0.667. The number of hydrogen-bond donors (Lipinski definition) is 0. The summed E-state index contributed by atoms with van der Waals surface area (Å²) >= 11 is 13.6. The molecule has 2 aliphatic rings. The molecular formula is C19H18Cl2O2. The topological polar surface area (TPSA) is 18.5 Å². The lowest BCUT2D eigenvalue weighted by Crippen LogP contribution is -2.33. The van der Waals surface area contributed by atoms with E-state index in [1.807, 2.05) is 61.5 Å². The molecule has 1 saturated carbocycles. The van der Waals surface area contributed by atoms with E-state index < -0.39 is 15.3 Å². The van der Waals surface area contributed by atoms with Gasteiger partial charge in [-0.05, 0) is 25.5 Å². The van der Waals surface area contributed by atoms with Gasteiger partial charge in [-0.2, -0.15) is 0 Å². The Bertz CT molecular complexity index is 746. The Kier molecular flexibility index (Phi) is 3.26. The molecular weight excluding hydrogens is 331 g/mol. The first-order valence-corrected chi connectivity index (χ1v) is 8.59. The molecule has 0 saturated heterocycles. The molecule has 2 nitrogen and oxygen atoms in total. The summed E-state index contributed by atoms with van der Waals surface area (Å²) in [4.78, 5) is 0. The van der Waals surface area contributed by atoms with Gasteiger partial charge >= 0.3 is 0 Å². The average molecular weight is 349 g/mol. The molecule has 1 heterocycles. The number of rotatable bonds is 3. The van der Waals surface area contributed by atoms with E-state index in [4.69, 9.17) is 32.7 Å². The lowest BCUT2D eigenvalue weighted by atomic mass is 9.85. The van der Waals surface area contributed by atoms with Crippen LogP contribution in [0.3, 0.4) is 0 Å². The van der Waals surface area contributed by atoms with Crippen molar-refractivity contribution in [2.24, 2.45) is 5.41 Å². The summed E-state index contributed by atoms with van der Waals surface area (Å²) in [6.07, 6.45) is -0.264. The number of hydrogen-bond acceptors (Lipinski definition) is 2. The predicted octanol–water partition coefficient (Wildman–Crippen LogP) is 5.25. The van der Waals surface area contributed by atoms with Crippen molar-refractivity contribution in [2.75, 3.05) is 6.61 Å². The van der Waals surface area contributed by atoms with E-state index in [2.05, 4.69) is 6.92 Å². The minimum Gasteiger partial charge on any atom is -0.485 e. The summed E-state index contributed by atoms with van der Waals surface area (Å²) in [5, 5.41) is 0. The van der Waals surface area contributed by atoms with Crippen LogP contribution in [0.2, 0.25) is 0 Å². The molecule has 1 aliphatic carbocycles. The van der Waals surface area contributed by atoms with Gasteiger partial charge in [0, 0.05) is 12.2 Å². The standard InChI is InChI=1S/C19H18Cl2O2/c1-3-22-18-14-11-7-8-12-15(14)23-16(13-9-5-4-6-10-13)17(18,2)19(18,20)21/h4-12,16H,3H2,1-2H3. The van der Waals surface area contributed by atoms with Gasteiger partial charge in [0.2, 0.25) is 0 Å². The largest absolute Gasteiger partial charge is 0.485 e. The first kappa shape index (κ1) is 15.3. The maximum Gasteiger partial charge on any atom is 0.164 e. The van der Waals surface area contributed by atoms with Gasteiger partial charge in [-0.15, -0.1) is 0 Å². The van der Waals surface area contributed by atoms with Crippen molar-refractivity contribution >= 4 is 23.2 Å². The molecule has 3 unspecified atom stereocenters.